The molecule has 0 fully saturated rings. The molecule has 3 aromatic rings. The quantitative estimate of drug-likeness (QED) is 0.790. The van der Waals surface area contributed by atoms with Crippen LogP contribution in [0.25, 0.3) is 22.0 Å². The van der Waals surface area contributed by atoms with Gasteiger partial charge in [-0.15, -0.1) is 0 Å². The van der Waals surface area contributed by atoms with E-state index < -0.39 is 0 Å². The van der Waals surface area contributed by atoms with E-state index in [0.29, 0.717) is 13.0 Å². The number of fused-ring (bicyclic) bond motifs is 1. The van der Waals surface area contributed by atoms with Gasteiger partial charge in [-0.25, -0.2) is 0 Å². The summed E-state index contributed by atoms with van der Waals surface area (Å²) in [6, 6.07) is 14.1. The second kappa shape index (κ2) is 5.35. The van der Waals surface area contributed by atoms with Crippen molar-refractivity contribution in [3.8, 4) is 17.0 Å². The van der Waals surface area contributed by atoms with Gasteiger partial charge >= 0.3 is 0 Å². The number of methoxy groups -OCH3 is 1. The molecule has 0 saturated heterocycles. The van der Waals surface area contributed by atoms with Crippen LogP contribution in [0.3, 0.4) is 0 Å². The molecular formula is C16H16N2O2. The largest absolute Gasteiger partial charge is 0.496 e. The molecule has 4 nitrogen and oxygen atoms in total. The highest BCUT2D eigenvalue weighted by Crippen LogP contribution is 2.36. The van der Waals surface area contributed by atoms with Crippen LogP contribution in [0.4, 0.5) is 0 Å². The lowest BCUT2D eigenvalue weighted by Gasteiger charge is -2.09. The molecule has 0 radical (unpaired) electrons. The van der Waals surface area contributed by atoms with Gasteiger partial charge in [-0.2, -0.15) is 0 Å². The minimum atomic E-state index is 0.543. The Bertz CT molecular complexity index is 734. The average molecular weight is 268 g/mol. The van der Waals surface area contributed by atoms with Crippen molar-refractivity contribution in [2.24, 2.45) is 5.73 Å². The van der Waals surface area contributed by atoms with E-state index in [9.17, 15) is 0 Å². The first kappa shape index (κ1) is 12.7. The Kier molecular flexibility index (Phi) is 3.39. The van der Waals surface area contributed by atoms with Crippen molar-refractivity contribution >= 4 is 10.8 Å². The van der Waals surface area contributed by atoms with Crippen molar-refractivity contribution in [3.63, 3.8) is 0 Å². The fourth-order valence-electron chi connectivity index (χ4n) is 2.38. The Balaban J connectivity index is 2.21. The predicted molar refractivity (Wildman–Crippen MR) is 78.8 cm³/mol. The second-order valence-electron chi connectivity index (χ2n) is 4.58. The molecule has 20 heavy (non-hydrogen) atoms. The molecule has 4 heteroatoms. The zero-order valence-electron chi connectivity index (χ0n) is 11.3. The third kappa shape index (κ3) is 2.14. The van der Waals surface area contributed by atoms with Gasteiger partial charge < -0.3 is 15.0 Å². The van der Waals surface area contributed by atoms with E-state index in [1.807, 2.05) is 30.3 Å². The van der Waals surface area contributed by atoms with Crippen LogP contribution in [0.15, 0.2) is 47.0 Å². The third-order valence-electron chi connectivity index (χ3n) is 3.32. The highest BCUT2D eigenvalue weighted by molar-refractivity contribution is 5.98. The van der Waals surface area contributed by atoms with Crippen LogP contribution < -0.4 is 10.5 Å². The summed E-state index contributed by atoms with van der Waals surface area (Å²) in [7, 11) is 1.66. The van der Waals surface area contributed by atoms with Gasteiger partial charge in [0.1, 0.15) is 17.2 Å². The molecule has 3 rings (SSSR count). The van der Waals surface area contributed by atoms with E-state index in [-0.39, 0.29) is 0 Å². The van der Waals surface area contributed by atoms with Crippen molar-refractivity contribution in [1.82, 2.24) is 5.16 Å². The van der Waals surface area contributed by atoms with Gasteiger partial charge in [0.2, 0.25) is 0 Å². The molecule has 0 spiro atoms. The fraction of sp³-hybridized carbons (Fsp3) is 0.188. The minimum absolute atomic E-state index is 0.543. The van der Waals surface area contributed by atoms with Gasteiger partial charge in [0.15, 0.2) is 0 Å². The summed E-state index contributed by atoms with van der Waals surface area (Å²) >= 11 is 0. The maximum atomic E-state index is 5.54. The van der Waals surface area contributed by atoms with Crippen LogP contribution in [0, 0.1) is 0 Å². The number of hydrogen-bond acceptors (Lipinski definition) is 4. The lowest BCUT2D eigenvalue weighted by molar-refractivity contribution is 0.385. The molecule has 2 aromatic carbocycles. The topological polar surface area (TPSA) is 61.3 Å². The molecule has 1 aromatic heterocycles. The van der Waals surface area contributed by atoms with Gasteiger partial charge in [0.05, 0.1) is 12.7 Å². The molecule has 0 saturated carbocycles. The Morgan fingerprint density at radius 2 is 2.05 bits per heavy atom. The first-order chi connectivity index (χ1) is 9.83. The molecule has 0 bridgehead atoms. The number of rotatable bonds is 4. The summed E-state index contributed by atoms with van der Waals surface area (Å²) in [6.45, 7) is 0.543. The van der Waals surface area contributed by atoms with E-state index >= 15 is 0 Å². The fourth-order valence-corrected chi connectivity index (χ4v) is 2.38. The zero-order valence-corrected chi connectivity index (χ0v) is 11.3. The number of nitrogens with zero attached hydrogens (tertiary/aromatic N) is 1. The van der Waals surface area contributed by atoms with Crippen LogP contribution in [0.5, 0.6) is 5.75 Å². The lowest BCUT2D eigenvalue weighted by Crippen LogP contribution is -2.01. The number of nitrogens with two attached hydrogens (primary N) is 1. The molecule has 2 N–H and O–H groups in total. The summed E-state index contributed by atoms with van der Waals surface area (Å²) in [5.41, 5.74) is 7.28. The summed E-state index contributed by atoms with van der Waals surface area (Å²) in [5.74, 6) is 1.58. The normalized spacial score (nSPS) is 10.9. The Hall–Kier alpha value is -2.33. The predicted octanol–water partition coefficient (Wildman–Crippen LogP) is 3.00. The third-order valence-corrected chi connectivity index (χ3v) is 3.32. The van der Waals surface area contributed by atoms with Crippen LogP contribution in [-0.2, 0) is 6.42 Å². The SMILES string of the molecule is COc1ccc2ccccc2c1-c1cc(CCN)on1. The van der Waals surface area contributed by atoms with Crippen molar-refractivity contribution in [2.75, 3.05) is 13.7 Å². The van der Waals surface area contributed by atoms with Crippen molar-refractivity contribution < 1.29 is 9.26 Å². The van der Waals surface area contributed by atoms with Crippen molar-refractivity contribution in [2.45, 2.75) is 6.42 Å². The Morgan fingerprint density at radius 3 is 2.85 bits per heavy atom. The molecular weight excluding hydrogens is 252 g/mol. The first-order valence-corrected chi connectivity index (χ1v) is 6.55. The highest BCUT2D eigenvalue weighted by atomic mass is 16.5. The molecule has 0 aliphatic rings. The number of aromatic nitrogens is 1. The lowest BCUT2D eigenvalue weighted by atomic mass is 10.0. The monoisotopic (exact) mass is 268 g/mol. The van der Waals surface area contributed by atoms with E-state index in [1.54, 1.807) is 7.11 Å². The molecule has 0 atom stereocenters. The van der Waals surface area contributed by atoms with E-state index in [1.165, 1.54) is 0 Å². The number of ether oxygens (including phenoxy) is 1. The minimum Gasteiger partial charge on any atom is -0.496 e. The van der Waals surface area contributed by atoms with Gasteiger partial charge in [0, 0.05) is 12.5 Å². The van der Waals surface area contributed by atoms with E-state index in [4.69, 9.17) is 15.0 Å². The van der Waals surface area contributed by atoms with Gasteiger partial charge in [-0.1, -0.05) is 35.5 Å². The highest BCUT2D eigenvalue weighted by Gasteiger charge is 2.14. The van der Waals surface area contributed by atoms with Crippen molar-refractivity contribution in [1.29, 1.82) is 0 Å². The van der Waals surface area contributed by atoms with Gasteiger partial charge in [0.25, 0.3) is 0 Å². The number of benzene rings is 2. The second-order valence-corrected chi connectivity index (χ2v) is 4.58. The van der Waals surface area contributed by atoms with Gasteiger partial charge in [-0.3, -0.25) is 0 Å². The maximum Gasteiger partial charge on any atom is 0.138 e. The molecule has 102 valence electrons. The number of hydrogen-bond donors (Lipinski definition) is 1. The summed E-state index contributed by atoms with van der Waals surface area (Å²) in [6.07, 6.45) is 0.681. The van der Waals surface area contributed by atoms with Crippen molar-refractivity contribution in [3.05, 3.63) is 48.2 Å². The summed E-state index contributed by atoms with van der Waals surface area (Å²) in [4.78, 5) is 0. The zero-order chi connectivity index (χ0) is 13.9. The molecule has 0 aliphatic heterocycles. The maximum absolute atomic E-state index is 5.54. The van der Waals surface area contributed by atoms with Crippen LogP contribution in [0.2, 0.25) is 0 Å². The van der Waals surface area contributed by atoms with Crippen LogP contribution >= 0.6 is 0 Å². The van der Waals surface area contributed by atoms with Crippen LogP contribution in [-0.4, -0.2) is 18.8 Å². The van der Waals surface area contributed by atoms with E-state index in [0.717, 1.165) is 33.5 Å². The molecule has 0 amide bonds. The Labute approximate surface area is 117 Å². The first-order valence-electron chi connectivity index (χ1n) is 6.55. The summed E-state index contributed by atoms with van der Waals surface area (Å²) in [5, 5.41) is 6.40. The summed E-state index contributed by atoms with van der Waals surface area (Å²) < 4.78 is 10.8. The standard InChI is InChI=1S/C16H16N2O2/c1-19-15-7-6-11-4-2-3-5-13(11)16(15)14-10-12(8-9-17)20-18-14/h2-7,10H,8-9,17H2,1H3. The average Bonchev–Trinajstić information content (AvgIpc) is 2.94. The van der Waals surface area contributed by atoms with Gasteiger partial charge in [-0.05, 0) is 23.4 Å². The van der Waals surface area contributed by atoms with E-state index in [2.05, 4.69) is 17.3 Å². The smallest absolute Gasteiger partial charge is 0.138 e. The molecule has 1 heterocycles. The molecule has 0 unspecified atom stereocenters. The Morgan fingerprint density at radius 1 is 1.20 bits per heavy atom. The molecule has 0 aliphatic carbocycles. The van der Waals surface area contributed by atoms with Crippen LogP contribution in [0.1, 0.15) is 5.76 Å².